The first kappa shape index (κ1) is 27.6. The lowest BCUT2D eigenvalue weighted by Gasteiger charge is -2.34. The van der Waals surface area contributed by atoms with Gasteiger partial charge in [-0.2, -0.15) is 0 Å². The van der Waals surface area contributed by atoms with Gasteiger partial charge in [0, 0.05) is 11.3 Å². The molecule has 0 radical (unpaired) electrons. The van der Waals surface area contributed by atoms with Gasteiger partial charge in [-0.15, -0.1) is 0 Å². The van der Waals surface area contributed by atoms with Gasteiger partial charge in [-0.25, -0.2) is 4.90 Å². The molecule has 4 aliphatic rings. The Labute approximate surface area is 281 Å². The highest BCUT2D eigenvalue weighted by Gasteiger charge is 2.68. The van der Waals surface area contributed by atoms with E-state index in [1.54, 1.807) is 0 Å². The lowest BCUT2D eigenvalue weighted by atomic mass is 9.67. The van der Waals surface area contributed by atoms with E-state index in [0.717, 1.165) is 5.69 Å². The average molecular weight is 618 g/mol. The van der Waals surface area contributed by atoms with Crippen molar-refractivity contribution in [3.63, 3.8) is 0 Å². The van der Waals surface area contributed by atoms with Crippen LogP contribution in [0.4, 0.5) is 5.69 Å². The maximum absolute atomic E-state index is 4.13. The van der Waals surface area contributed by atoms with Gasteiger partial charge in [0.1, 0.15) is 11.8 Å². The summed E-state index contributed by atoms with van der Waals surface area (Å²) in [6.45, 7) is 0. The molecular formula is C45H35N3. The average Bonchev–Trinajstić information content (AvgIpc) is 4.06. The predicted molar refractivity (Wildman–Crippen MR) is 196 cm³/mol. The molecular weight excluding hydrogens is 583 g/mol. The van der Waals surface area contributed by atoms with Crippen molar-refractivity contribution in [1.29, 1.82) is 0 Å². The van der Waals surface area contributed by atoms with Gasteiger partial charge in [0.25, 0.3) is 0 Å². The number of allylic oxidation sites excluding steroid dienone is 2. The molecule has 0 amide bonds. The molecule has 2 saturated heterocycles. The Morgan fingerprint density at radius 2 is 1.19 bits per heavy atom. The van der Waals surface area contributed by atoms with Crippen molar-refractivity contribution in [3.05, 3.63) is 210 Å². The van der Waals surface area contributed by atoms with Gasteiger partial charge in [-0.05, 0) is 62.7 Å². The first-order chi connectivity index (χ1) is 23.8. The number of benzene rings is 6. The van der Waals surface area contributed by atoms with Crippen LogP contribution in [0.1, 0.15) is 33.9 Å². The fourth-order valence-electron chi connectivity index (χ4n) is 8.71. The van der Waals surface area contributed by atoms with Crippen LogP contribution in [-0.4, -0.2) is 22.8 Å². The van der Waals surface area contributed by atoms with E-state index in [1.807, 2.05) is 0 Å². The molecule has 2 fully saturated rings. The summed E-state index contributed by atoms with van der Waals surface area (Å²) in [6, 6.07) is 58.5. The number of rotatable bonds is 7. The number of fused-ring (bicyclic) bond motifs is 4. The van der Waals surface area contributed by atoms with E-state index in [4.69, 9.17) is 0 Å². The van der Waals surface area contributed by atoms with Crippen molar-refractivity contribution >= 4 is 5.69 Å². The summed E-state index contributed by atoms with van der Waals surface area (Å²) in [4.78, 5) is 2.61. The van der Waals surface area contributed by atoms with E-state index in [9.17, 15) is 0 Å². The van der Waals surface area contributed by atoms with E-state index >= 15 is 0 Å². The van der Waals surface area contributed by atoms with E-state index in [1.165, 1.54) is 50.1 Å². The number of nitrogens with zero attached hydrogens (tertiary/aromatic N) is 1. The van der Waals surface area contributed by atoms with Crippen molar-refractivity contribution in [1.82, 2.24) is 10.2 Å². The fourth-order valence-corrected chi connectivity index (χ4v) is 8.71. The zero-order chi connectivity index (χ0) is 31.7. The number of anilines is 1. The maximum Gasteiger partial charge on any atom is 0.113 e. The van der Waals surface area contributed by atoms with E-state index in [0.29, 0.717) is 6.04 Å². The molecule has 5 atom stereocenters. The summed E-state index contributed by atoms with van der Waals surface area (Å²) in [7, 11) is 0. The third-order valence-corrected chi connectivity index (χ3v) is 10.9. The molecule has 0 bridgehead atoms. The van der Waals surface area contributed by atoms with E-state index in [2.05, 4.69) is 198 Å². The summed E-state index contributed by atoms with van der Waals surface area (Å²) in [6.07, 6.45) is 9.09. The first-order valence-electron chi connectivity index (χ1n) is 17.0. The number of hydrogen-bond acceptors (Lipinski definition) is 3. The lowest BCUT2D eigenvalue weighted by Crippen LogP contribution is -2.30. The molecule has 5 unspecified atom stereocenters. The summed E-state index contributed by atoms with van der Waals surface area (Å²) < 4.78 is 0. The monoisotopic (exact) mass is 617 g/mol. The van der Waals surface area contributed by atoms with Crippen LogP contribution in [0.2, 0.25) is 0 Å². The number of nitrogens with one attached hydrogen (secondary N) is 2. The van der Waals surface area contributed by atoms with Crippen LogP contribution in [0, 0.1) is 0 Å². The van der Waals surface area contributed by atoms with Gasteiger partial charge >= 0.3 is 0 Å². The van der Waals surface area contributed by atoms with Gasteiger partial charge in [0.15, 0.2) is 0 Å². The van der Waals surface area contributed by atoms with Gasteiger partial charge in [0.05, 0.1) is 17.5 Å². The van der Waals surface area contributed by atoms with E-state index < -0.39 is 5.41 Å². The Hall–Kier alpha value is -5.48. The molecule has 3 nitrogen and oxygen atoms in total. The highest BCUT2D eigenvalue weighted by Crippen LogP contribution is 2.59. The quantitative estimate of drug-likeness (QED) is 0.175. The predicted octanol–water partition coefficient (Wildman–Crippen LogP) is 9.31. The molecule has 48 heavy (non-hydrogen) atoms. The molecule has 0 spiro atoms. The molecule has 10 rings (SSSR count). The van der Waals surface area contributed by atoms with Crippen LogP contribution in [-0.2, 0) is 5.41 Å². The normalized spacial score (nSPS) is 25.1. The summed E-state index contributed by atoms with van der Waals surface area (Å²) >= 11 is 0. The smallest absolute Gasteiger partial charge is 0.113 e. The Morgan fingerprint density at radius 1 is 0.562 bits per heavy atom. The number of hydrogen-bond donors (Lipinski definition) is 2. The van der Waals surface area contributed by atoms with Crippen LogP contribution in [0.25, 0.3) is 22.3 Å². The van der Waals surface area contributed by atoms with Gasteiger partial charge in [-0.1, -0.05) is 164 Å². The minimum absolute atomic E-state index is 0.131. The van der Waals surface area contributed by atoms with Crippen molar-refractivity contribution in [2.24, 2.45) is 0 Å². The van der Waals surface area contributed by atoms with Crippen LogP contribution in [0.5, 0.6) is 0 Å². The zero-order valence-corrected chi connectivity index (χ0v) is 26.5. The standard InChI is InChI=1S/C45H35N3/c1-5-17-31(18-6-1)36-29-39-37(35-25-13-14-26-38(35)45(39,33-21-9-3-10-22-33)34-23-11-4-12-24-34)30-40(36)46-43-42(32-19-7-2-8-20-32)48(43)44-28-16-15-27-41(44)47-44/h1-30,41-43,46-47H. The minimum atomic E-state index is -0.446. The lowest BCUT2D eigenvalue weighted by molar-refractivity contribution is 0.382. The zero-order valence-electron chi connectivity index (χ0n) is 26.5. The molecule has 0 saturated carbocycles. The van der Waals surface area contributed by atoms with Crippen molar-refractivity contribution in [2.45, 2.75) is 29.3 Å². The summed E-state index contributed by atoms with van der Waals surface area (Å²) in [5, 5.41) is 7.91. The molecule has 2 aliphatic carbocycles. The molecule has 3 heteroatoms. The highest BCUT2D eigenvalue weighted by atomic mass is 15.6. The van der Waals surface area contributed by atoms with E-state index in [-0.39, 0.29) is 17.9 Å². The second-order valence-electron chi connectivity index (χ2n) is 13.4. The van der Waals surface area contributed by atoms with Crippen molar-refractivity contribution in [3.8, 4) is 22.3 Å². The maximum atomic E-state index is 4.13. The molecule has 2 aliphatic heterocycles. The Balaban J connectivity index is 1.19. The van der Waals surface area contributed by atoms with Gasteiger partial charge < -0.3 is 5.32 Å². The van der Waals surface area contributed by atoms with Crippen LogP contribution < -0.4 is 10.6 Å². The van der Waals surface area contributed by atoms with Crippen molar-refractivity contribution in [2.75, 3.05) is 5.32 Å². The Morgan fingerprint density at radius 3 is 1.88 bits per heavy atom. The molecule has 6 aromatic carbocycles. The van der Waals surface area contributed by atoms with Crippen LogP contribution >= 0.6 is 0 Å². The van der Waals surface area contributed by atoms with Crippen LogP contribution in [0.15, 0.2) is 182 Å². The summed E-state index contributed by atoms with van der Waals surface area (Å²) in [5.41, 5.74) is 12.1. The SMILES string of the molecule is C1=CC2NC2(N2C(Nc3cc4c(cc3-c3ccccc3)C(c3ccccc3)(c3ccccc3)c3ccccc3-4)C2c2ccccc2)C=C1. The van der Waals surface area contributed by atoms with Crippen molar-refractivity contribution < 1.29 is 0 Å². The molecule has 0 aromatic heterocycles. The Bertz CT molecular complexity index is 2170. The fraction of sp³-hybridized carbons (Fsp3) is 0.111. The van der Waals surface area contributed by atoms with Gasteiger partial charge in [-0.3, -0.25) is 5.32 Å². The third-order valence-electron chi connectivity index (χ3n) is 10.9. The highest BCUT2D eigenvalue weighted by molar-refractivity contribution is 5.93. The topological polar surface area (TPSA) is 37.0 Å². The Kier molecular flexibility index (Phi) is 6.05. The molecule has 6 aromatic rings. The van der Waals surface area contributed by atoms with Gasteiger partial charge in [0.2, 0.25) is 0 Å². The summed E-state index contributed by atoms with van der Waals surface area (Å²) in [5.74, 6) is 0. The molecule has 2 heterocycles. The van der Waals surface area contributed by atoms with Crippen LogP contribution in [0.3, 0.4) is 0 Å². The molecule has 2 N–H and O–H groups in total. The second-order valence-corrected chi connectivity index (χ2v) is 13.4. The minimum Gasteiger partial charge on any atom is -0.367 e. The molecule has 230 valence electrons. The largest absolute Gasteiger partial charge is 0.367 e. The third kappa shape index (κ3) is 3.95. The first-order valence-corrected chi connectivity index (χ1v) is 17.0. The second kappa shape index (κ2) is 10.5.